The molecule has 2 heterocycles. The van der Waals surface area contributed by atoms with Gasteiger partial charge in [0, 0.05) is 10.9 Å². The number of rotatable bonds is 6. The van der Waals surface area contributed by atoms with Crippen molar-refractivity contribution in [3.63, 3.8) is 0 Å². The minimum atomic E-state index is -0.207. The first-order valence-corrected chi connectivity index (χ1v) is 23.2. The third-order valence-corrected chi connectivity index (χ3v) is 14.2. The lowest BCUT2D eigenvalue weighted by atomic mass is 9.34. The molecule has 10 aromatic rings. The van der Waals surface area contributed by atoms with Crippen molar-refractivity contribution in [1.82, 2.24) is 0 Å². The second-order valence-electron chi connectivity index (χ2n) is 19.6. The van der Waals surface area contributed by atoms with Crippen LogP contribution in [0.3, 0.4) is 0 Å². The molecule has 3 heteroatoms. The van der Waals surface area contributed by atoms with E-state index in [1.807, 2.05) is 0 Å². The maximum absolute atomic E-state index is 7.05. The predicted molar refractivity (Wildman–Crippen MR) is 278 cm³/mol. The summed E-state index contributed by atoms with van der Waals surface area (Å²) < 4.78 is 14.0. The third-order valence-electron chi connectivity index (χ3n) is 14.2. The number of benzene rings is 10. The fourth-order valence-electron chi connectivity index (χ4n) is 10.7. The van der Waals surface area contributed by atoms with Crippen LogP contribution in [0.5, 0.6) is 23.0 Å². The second kappa shape index (κ2) is 15.2. The lowest BCUT2D eigenvalue weighted by Gasteiger charge is -2.35. The van der Waals surface area contributed by atoms with E-state index in [9.17, 15) is 0 Å². The van der Waals surface area contributed by atoms with Gasteiger partial charge >= 0.3 is 0 Å². The highest BCUT2D eigenvalue weighted by Gasteiger charge is 2.41. The quantitative estimate of drug-likeness (QED) is 0.123. The Bertz CT molecular complexity index is 3470. The van der Waals surface area contributed by atoms with Crippen LogP contribution in [0.25, 0.3) is 66.1 Å². The van der Waals surface area contributed by atoms with Gasteiger partial charge in [0.05, 0.1) is 0 Å². The van der Waals surface area contributed by atoms with E-state index in [4.69, 9.17) is 9.47 Å². The summed E-state index contributed by atoms with van der Waals surface area (Å²) in [7, 11) is 0. The predicted octanol–water partition coefficient (Wildman–Crippen LogP) is 15.0. The summed E-state index contributed by atoms with van der Waals surface area (Å²) in [5.74, 6) is 3.41. The Labute approximate surface area is 388 Å². The first-order chi connectivity index (χ1) is 32.1. The van der Waals surface area contributed by atoms with Crippen LogP contribution >= 0.6 is 0 Å². The van der Waals surface area contributed by atoms with Crippen LogP contribution in [-0.2, 0) is 10.8 Å². The summed E-state index contributed by atoms with van der Waals surface area (Å²) in [6.07, 6.45) is 0. The van der Waals surface area contributed by atoms with Gasteiger partial charge in [0.25, 0.3) is 6.71 Å². The van der Waals surface area contributed by atoms with E-state index in [1.54, 1.807) is 0 Å². The van der Waals surface area contributed by atoms with Crippen LogP contribution in [0.2, 0.25) is 0 Å². The molecule has 10 aromatic carbocycles. The lowest BCUT2D eigenvalue weighted by molar-refractivity contribution is 0.464. The zero-order valence-electron chi connectivity index (χ0n) is 38.0. The highest BCUT2D eigenvalue weighted by atomic mass is 16.5. The van der Waals surface area contributed by atoms with Crippen molar-refractivity contribution < 1.29 is 9.47 Å². The maximum Gasteiger partial charge on any atom is 0.260 e. The molecule has 0 aliphatic carbocycles. The third kappa shape index (κ3) is 6.56. The summed E-state index contributed by atoms with van der Waals surface area (Å²) in [4.78, 5) is 0. The molecular weight excluding hydrogens is 800 g/mol. The Hall–Kier alpha value is -7.62. The van der Waals surface area contributed by atoms with Crippen LogP contribution < -0.4 is 25.9 Å². The van der Waals surface area contributed by atoms with Crippen molar-refractivity contribution >= 4 is 44.6 Å². The molecule has 0 aromatic heterocycles. The first-order valence-electron chi connectivity index (χ1n) is 23.2. The minimum absolute atomic E-state index is 0.00680. The molecular formula is C63H49BO2. The molecule has 0 spiro atoms. The second-order valence-corrected chi connectivity index (χ2v) is 19.6. The van der Waals surface area contributed by atoms with Gasteiger partial charge in [0.15, 0.2) is 0 Å². The van der Waals surface area contributed by atoms with Crippen LogP contribution in [0.4, 0.5) is 0 Å². The Balaban J connectivity index is 1.08. The molecule has 0 saturated carbocycles. The molecule has 0 N–H and O–H groups in total. The van der Waals surface area contributed by atoms with Gasteiger partial charge in [-0.15, -0.1) is 0 Å². The van der Waals surface area contributed by atoms with Gasteiger partial charge in [-0.3, -0.25) is 0 Å². The standard InChI is InChI=1S/C63H49BO2/c1-62(2,3)47-24-18-21-41(36-47)42-33-43(35-45(34-42)60-51-27-14-12-25-49(51)59(40-19-8-6-9-20-40)50-26-13-15-28-52(50)60)44-37-57-61-58(38-44)66-56-32-31-48(63(4,5)46-22-10-7-11-23-46)39-54(56)64(61)53-29-16-17-30-55(53)65-57/h6-39H,1-5H3. The summed E-state index contributed by atoms with van der Waals surface area (Å²) >= 11 is 0. The molecule has 0 atom stereocenters. The lowest BCUT2D eigenvalue weighted by Crippen LogP contribution is -2.57. The van der Waals surface area contributed by atoms with Gasteiger partial charge in [-0.1, -0.05) is 198 Å². The fraction of sp³-hybridized carbons (Fsp3) is 0.111. The molecule has 2 nitrogen and oxygen atoms in total. The van der Waals surface area contributed by atoms with Gasteiger partial charge in [0.2, 0.25) is 0 Å². The van der Waals surface area contributed by atoms with E-state index in [1.165, 1.54) is 60.5 Å². The number of hydrogen-bond acceptors (Lipinski definition) is 2. The van der Waals surface area contributed by atoms with E-state index in [2.05, 4.69) is 241 Å². The number of fused-ring (bicyclic) bond motifs is 6. The average Bonchev–Trinajstić information content (AvgIpc) is 3.35. The molecule has 2 aliphatic rings. The van der Waals surface area contributed by atoms with Gasteiger partial charge in [0.1, 0.15) is 23.0 Å². The van der Waals surface area contributed by atoms with Crippen LogP contribution in [0, 0.1) is 0 Å². The molecule has 12 rings (SSSR count). The highest BCUT2D eigenvalue weighted by Crippen LogP contribution is 2.47. The Morgan fingerprint density at radius 3 is 1.44 bits per heavy atom. The largest absolute Gasteiger partial charge is 0.458 e. The summed E-state index contributed by atoms with van der Waals surface area (Å²) in [5, 5.41) is 4.91. The number of para-hydroxylation sites is 1. The van der Waals surface area contributed by atoms with Crippen molar-refractivity contribution in [2.75, 3.05) is 0 Å². The number of ether oxygens (including phenoxy) is 2. The topological polar surface area (TPSA) is 18.5 Å². The van der Waals surface area contributed by atoms with Crippen molar-refractivity contribution in [3.8, 4) is 67.5 Å². The molecule has 0 fully saturated rings. The highest BCUT2D eigenvalue weighted by molar-refractivity contribution is 6.98. The monoisotopic (exact) mass is 848 g/mol. The Kier molecular flexibility index (Phi) is 9.23. The molecule has 0 saturated heterocycles. The van der Waals surface area contributed by atoms with Gasteiger partial charge in [-0.05, 0) is 142 Å². The molecule has 316 valence electrons. The van der Waals surface area contributed by atoms with Crippen molar-refractivity contribution in [1.29, 1.82) is 0 Å². The normalized spacial score (nSPS) is 12.8. The van der Waals surface area contributed by atoms with Crippen LogP contribution in [0.1, 0.15) is 51.3 Å². The first kappa shape index (κ1) is 39.9. The van der Waals surface area contributed by atoms with E-state index in [0.29, 0.717) is 0 Å². The van der Waals surface area contributed by atoms with Gasteiger partial charge in [-0.25, -0.2) is 0 Å². The minimum Gasteiger partial charge on any atom is -0.458 e. The Morgan fingerprint density at radius 2 is 0.803 bits per heavy atom. The summed E-state index contributed by atoms with van der Waals surface area (Å²) in [6, 6.07) is 75.4. The molecule has 66 heavy (non-hydrogen) atoms. The van der Waals surface area contributed by atoms with Crippen LogP contribution in [-0.4, -0.2) is 6.71 Å². The van der Waals surface area contributed by atoms with E-state index in [0.717, 1.165) is 61.6 Å². The molecule has 2 aliphatic heterocycles. The number of hydrogen-bond donors (Lipinski definition) is 0. The van der Waals surface area contributed by atoms with Gasteiger partial charge in [-0.2, -0.15) is 0 Å². The maximum atomic E-state index is 7.05. The van der Waals surface area contributed by atoms with E-state index < -0.39 is 0 Å². The fourth-order valence-corrected chi connectivity index (χ4v) is 10.7. The van der Waals surface area contributed by atoms with E-state index >= 15 is 0 Å². The average molecular weight is 849 g/mol. The van der Waals surface area contributed by atoms with Crippen LogP contribution in [0.15, 0.2) is 206 Å². The smallest absolute Gasteiger partial charge is 0.260 e. The van der Waals surface area contributed by atoms with Crippen molar-refractivity contribution in [3.05, 3.63) is 223 Å². The molecule has 0 bridgehead atoms. The zero-order valence-corrected chi connectivity index (χ0v) is 38.0. The van der Waals surface area contributed by atoms with Gasteiger partial charge < -0.3 is 9.47 Å². The molecule has 0 unspecified atom stereocenters. The zero-order chi connectivity index (χ0) is 44.7. The molecule has 0 amide bonds. The summed E-state index contributed by atoms with van der Waals surface area (Å²) in [5.41, 5.74) is 16.3. The SMILES string of the molecule is CC(C)(C)c1cccc(-c2cc(-c3cc4c5c(c3)Oc3ccc(C(C)(C)c6ccccc6)cc3B5c3ccccc3O4)cc(-c3c4ccccc4c(-c4ccccc4)c4ccccc34)c2)c1. The Morgan fingerprint density at radius 1 is 0.318 bits per heavy atom. The molecule has 0 radical (unpaired) electrons. The summed E-state index contributed by atoms with van der Waals surface area (Å²) in [6.45, 7) is 11.4. The van der Waals surface area contributed by atoms with E-state index in [-0.39, 0.29) is 17.5 Å². The van der Waals surface area contributed by atoms with Crippen molar-refractivity contribution in [2.45, 2.75) is 45.4 Å². The van der Waals surface area contributed by atoms with Crippen molar-refractivity contribution in [2.24, 2.45) is 0 Å².